The minimum absolute atomic E-state index is 0.0484. The van der Waals surface area contributed by atoms with Gasteiger partial charge in [-0.05, 0) is 76.0 Å². The summed E-state index contributed by atoms with van der Waals surface area (Å²) in [5, 5.41) is 0. The first kappa shape index (κ1) is 54.9. The summed E-state index contributed by atoms with van der Waals surface area (Å²) in [5.74, 6) is 1.80. The van der Waals surface area contributed by atoms with Crippen molar-refractivity contribution in [3.05, 3.63) is 0 Å². The van der Waals surface area contributed by atoms with E-state index in [1.807, 2.05) is 0 Å². The van der Waals surface area contributed by atoms with Gasteiger partial charge in [0.1, 0.15) is 12.2 Å². The molecule has 0 aliphatic carbocycles. The number of hydrogen-bond acceptors (Lipinski definition) is 4. The highest BCUT2D eigenvalue weighted by Gasteiger charge is 2.16. The molecular weight excluding hydrogens is 689 g/mol. The lowest BCUT2D eigenvalue weighted by molar-refractivity contribution is -0.151. The molecule has 0 bridgehead atoms. The number of ether oxygens (including phenoxy) is 2. The van der Waals surface area contributed by atoms with E-state index in [0.29, 0.717) is 12.8 Å². The molecule has 56 heavy (non-hydrogen) atoms. The van der Waals surface area contributed by atoms with Crippen molar-refractivity contribution in [2.75, 3.05) is 0 Å². The summed E-state index contributed by atoms with van der Waals surface area (Å²) in [6.45, 7) is 13.8. The average molecular weight is 791 g/mol. The fourth-order valence-electron chi connectivity index (χ4n) is 8.38. The maximum atomic E-state index is 12.6. The second-order valence-electron chi connectivity index (χ2n) is 18.5. The van der Waals surface area contributed by atoms with Gasteiger partial charge in [0.15, 0.2) is 0 Å². The van der Waals surface area contributed by atoms with Crippen LogP contribution in [0.4, 0.5) is 0 Å². The van der Waals surface area contributed by atoms with Gasteiger partial charge in [-0.1, -0.05) is 221 Å². The molecule has 0 radical (unpaired) electrons. The molecule has 4 heteroatoms. The lowest BCUT2D eigenvalue weighted by atomic mass is 9.88. The van der Waals surface area contributed by atoms with Crippen LogP contribution in [-0.2, 0) is 19.1 Å². The Bertz CT molecular complexity index is 725. The summed E-state index contributed by atoms with van der Waals surface area (Å²) in [4.78, 5) is 25.2. The van der Waals surface area contributed by atoms with Gasteiger partial charge < -0.3 is 9.47 Å². The van der Waals surface area contributed by atoms with Crippen LogP contribution in [0.25, 0.3) is 0 Å². The zero-order valence-corrected chi connectivity index (χ0v) is 39.2. The molecule has 4 nitrogen and oxygen atoms in total. The van der Waals surface area contributed by atoms with E-state index in [2.05, 4.69) is 41.5 Å². The van der Waals surface area contributed by atoms with E-state index in [1.54, 1.807) is 0 Å². The molecule has 0 spiro atoms. The highest BCUT2D eigenvalue weighted by atomic mass is 16.5. The lowest BCUT2D eigenvalue weighted by Crippen LogP contribution is -2.18. The molecule has 0 saturated carbocycles. The van der Waals surface area contributed by atoms with Gasteiger partial charge in [0.2, 0.25) is 0 Å². The zero-order chi connectivity index (χ0) is 41.2. The Hall–Kier alpha value is -1.06. The van der Waals surface area contributed by atoms with E-state index in [9.17, 15) is 9.59 Å². The minimum Gasteiger partial charge on any atom is -0.462 e. The van der Waals surface area contributed by atoms with Crippen LogP contribution in [0.15, 0.2) is 0 Å². The third-order valence-electron chi connectivity index (χ3n) is 12.3. The summed E-state index contributed by atoms with van der Waals surface area (Å²) in [5.41, 5.74) is 0. The number of carbonyl (C=O) groups excluding carboxylic acids is 2. The van der Waals surface area contributed by atoms with Crippen LogP contribution >= 0.6 is 0 Å². The van der Waals surface area contributed by atoms with Gasteiger partial charge in [0.05, 0.1) is 0 Å². The van der Waals surface area contributed by atoms with Gasteiger partial charge in [-0.3, -0.25) is 9.59 Å². The lowest BCUT2D eigenvalue weighted by Gasteiger charge is -2.18. The molecule has 0 aromatic carbocycles. The smallest absolute Gasteiger partial charge is 0.306 e. The SMILES string of the molecule is CCCCCCC(CCCCCC)OC(=O)CCCCCCCCCC(CCCCCCCCCC(=O)OC(CCCCCC)CCCCCC)CCC(C)C. The fourth-order valence-corrected chi connectivity index (χ4v) is 8.38. The normalized spacial score (nSPS) is 11.8. The monoisotopic (exact) mass is 791 g/mol. The Morgan fingerprint density at radius 3 is 0.893 bits per heavy atom. The van der Waals surface area contributed by atoms with Crippen molar-refractivity contribution in [3.63, 3.8) is 0 Å². The fraction of sp³-hybridized carbons (Fsp3) is 0.962. The van der Waals surface area contributed by atoms with Crippen molar-refractivity contribution in [3.8, 4) is 0 Å². The minimum atomic E-state index is 0.0484. The average Bonchev–Trinajstić information content (AvgIpc) is 3.18. The molecule has 0 saturated heterocycles. The second kappa shape index (κ2) is 43.5. The highest BCUT2D eigenvalue weighted by molar-refractivity contribution is 5.69. The van der Waals surface area contributed by atoms with Crippen molar-refractivity contribution >= 4 is 11.9 Å². The maximum absolute atomic E-state index is 12.6. The quantitative estimate of drug-likeness (QED) is 0.0455. The number of rotatable bonds is 45. The van der Waals surface area contributed by atoms with E-state index in [-0.39, 0.29) is 24.1 Å². The molecule has 0 fully saturated rings. The van der Waals surface area contributed by atoms with Gasteiger partial charge >= 0.3 is 11.9 Å². The molecule has 0 amide bonds. The van der Waals surface area contributed by atoms with E-state index in [4.69, 9.17) is 9.47 Å². The van der Waals surface area contributed by atoms with E-state index in [0.717, 1.165) is 63.2 Å². The predicted molar refractivity (Wildman–Crippen MR) is 245 cm³/mol. The molecule has 0 aromatic heterocycles. The Kier molecular flexibility index (Phi) is 42.7. The Labute approximate surface area is 352 Å². The van der Waals surface area contributed by atoms with Crippen molar-refractivity contribution in [1.82, 2.24) is 0 Å². The molecule has 0 N–H and O–H groups in total. The number of esters is 2. The Balaban J connectivity index is 4.10. The first-order valence-corrected chi connectivity index (χ1v) is 25.7. The van der Waals surface area contributed by atoms with Gasteiger partial charge in [0.25, 0.3) is 0 Å². The van der Waals surface area contributed by atoms with Gasteiger partial charge in [-0.15, -0.1) is 0 Å². The first-order chi connectivity index (χ1) is 27.4. The van der Waals surface area contributed by atoms with Crippen LogP contribution in [0.3, 0.4) is 0 Å². The van der Waals surface area contributed by atoms with Crippen molar-refractivity contribution in [2.45, 2.75) is 311 Å². The molecule has 0 atom stereocenters. The molecule has 0 rings (SSSR count). The molecule has 0 heterocycles. The first-order valence-electron chi connectivity index (χ1n) is 25.7. The summed E-state index contributed by atoms with van der Waals surface area (Å²) in [7, 11) is 0. The molecule has 0 aromatic rings. The van der Waals surface area contributed by atoms with Crippen LogP contribution in [0.1, 0.15) is 298 Å². The molecular formula is C52H102O4. The molecule has 334 valence electrons. The van der Waals surface area contributed by atoms with Crippen molar-refractivity contribution in [1.29, 1.82) is 0 Å². The zero-order valence-electron chi connectivity index (χ0n) is 39.2. The second-order valence-corrected chi connectivity index (χ2v) is 18.5. The number of unbranched alkanes of at least 4 members (excludes halogenated alkanes) is 24. The Morgan fingerprint density at radius 1 is 0.321 bits per heavy atom. The van der Waals surface area contributed by atoms with Crippen LogP contribution < -0.4 is 0 Å². The van der Waals surface area contributed by atoms with Crippen LogP contribution in [0.2, 0.25) is 0 Å². The van der Waals surface area contributed by atoms with Crippen LogP contribution in [-0.4, -0.2) is 24.1 Å². The van der Waals surface area contributed by atoms with Crippen molar-refractivity contribution in [2.24, 2.45) is 11.8 Å². The van der Waals surface area contributed by atoms with Gasteiger partial charge in [0, 0.05) is 12.8 Å². The molecule has 0 aliphatic heterocycles. The number of carbonyl (C=O) groups is 2. The number of hydrogen-bond donors (Lipinski definition) is 0. The van der Waals surface area contributed by atoms with Gasteiger partial charge in [-0.2, -0.15) is 0 Å². The third-order valence-corrected chi connectivity index (χ3v) is 12.3. The summed E-state index contributed by atoms with van der Waals surface area (Å²) in [6, 6.07) is 0. The molecule has 0 aliphatic rings. The van der Waals surface area contributed by atoms with E-state index >= 15 is 0 Å². The standard InChI is InChI=1S/C52H102O4/c1-7-11-15-31-39-49(40-32-16-12-8-2)55-51(53)43-35-27-23-19-21-25-29-37-48(46-45-47(5)6)38-30-26-22-20-24-28-36-44-52(54)56-50(41-33-17-13-9-3)42-34-18-14-10-4/h47-50H,7-46H2,1-6H3. The van der Waals surface area contributed by atoms with Crippen LogP contribution in [0.5, 0.6) is 0 Å². The van der Waals surface area contributed by atoms with Crippen LogP contribution in [0, 0.1) is 11.8 Å². The van der Waals surface area contributed by atoms with E-state index in [1.165, 1.54) is 193 Å². The summed E-state index contributed by atoms with van der Waals surface area (Å²) in [6.07, 6.45) is 48.9. The third kappa shape index (κ3) is 39.8. The molecule has 0 unspecified atom stereocenters. The van der Waals surface area contributed by atoms with E-state index < -0.39 is 0 Å². The summed E-state index contributed by atoms with van der Waals surface area (Å²) < 4.78 is 12.0. The predicted octanol–water partition coefficient (Wildman–Crippen LogP) is 17.8. The maximum Gasteiger partial charge on any atom is 0.306 e. The topological polar surface area (TPSA) is 52.6 Å². The summed E-state index contributed by atoms with van der Waals surface area (Å²) >= 11 is 0. The largest absolute Gasteiger partial charge is 0.462 e. The Morgan fingerprint density at radius 2 is 0.589 bits per heavy atom. The van der Waals surface area contributed by atoms with Crippen molar-refractivity contribution < 1.29 is 19.1 Å². The highest BCUT2D eigenvalue weighted by Crippen LogP contribution is 2.26. The van der Waals surface area contributed by atoms with Gasteiger partial charge in [-0.25, -0.2) is 0 Å².